The zero-order chi connectivity index (χ0) is 43.1. The summed E-state index contributed by atoms with van der Waals surface area (Å²) >= 11 is 0. The Labute approximate surface area is 329 Å². The zero-order valence-corrected chi connectivity index (χ0v) is 33.6. The van der Waals surface area contributed by atoms with Crippen molar-refractivity contribution in [2.24, 2.45) is 0 Å². The second kappa shape index (κ2) is 22.4. The maximum atomic E-state index is 12.7. The van der Waals surface area contributed by atoms with Crippen molar-refractivity contribution in [2.45, 2.75) is 44.5 Å². The van der Waals surface area contributed by atoms with Gasteiger partial charge in [-0.3, -0.25) is 33.3 Å². The molecule has 27 heteroatoms. The number of benzene rings is 1. The fourth-order valence-electron chi connectivity index (χ4n) is 4.82. The van der Waals surface area contributed by atoms with E-state index < -0.39 is 84.5 Å². The molecule has 7 N–H and O–H groups in total. The number of aromatic nitrogens is 2. The van der Waals surface area contributed by atoms with Gasteiger partial charge in [0.25, 0.3) is 11.5 Å². The monoisotopic (exact) mass is 884 g/mol. The summed E-state index contributed by atoms with van der Waals surface area (Å²) in [7, 11) is -15.6. The zero-order valence-electron chi connectivity index (χ0n) is 30.9. The van der Waals surface area contributed by atoms with Crippen LogP contribution in [0.4, 0.5) is 0 Å². The van der Waals surface area contributed by atoms with Gasteiger partial charge in [-0.15, -0.1) is 6.58 Å². The van der Waals surface area contributed by atoms with Crippen molar-refractivity contribution in [3.05, 3.63) is 81.2 Å². The molecule has 2 aromatic rings. The van der Waals surface area contributed by atoms with Gasteiger partial charge in [0.05, 0.1) is 24.9 Å². The van der Waals surface area contributed by atoms with Crippen LogP contribution in [0.15, 0.2) is 58.8 Å². The number of amides is 2. The first-order valence-corrected chi connectivity index (χ1v) is 21.3. The van der Waals surface area contributed by atoms with E-state index in [1.54, 1.807) is 18.2 Å². The van der Waals surface area contributed by atoms with Crippen LogP contribution in [0.1, 0.15) is 41.9 Å². The number of H-pyrrole nitrogens is 1. The summed E-state index contributed by atoms with van der Waals surface area (Å²) in [4.78, 5) is 99.8. The van der Waals surface area contributed by atoms with Gasteiger partial charge in [-0.05, 0) is 25.1 Å². The molecular weight excluding hydrogens is 841 g/mol. The second-order valence-electron chi connectivity index (χ2n) is 11.9. The van der Waals surface area contributed by atoms with E-state index in [9.17, 15) is 47.5 Å². The molecule has 1 aliphatic rings. The number of hydrogen-bond donors (Lipinski definition) is 7. The molecule has 0 aliphatic carbocycles. The molecule has 0 bridgehead atoms. The number of Topliss-reactive ketones (excluding diaryl/α,β-unsaturated/α-hetero) is 1. The topological polar surface area (TPSA) is 336 Å². The first-order chi connectivity index (χ1) is 27.2. The molecule has 1 fully saturated rings. The van der Waals surface area contributed by atoms with Crippen molar-refractivity contribution >= 4 is 47.1 Å². The van der Waals surface area contributed by atoms with Gasteiger partial charge < -0.3 is 53.9 Å². The lowest BCUT2D eigenvalue weighted by Gasteiger charge is -2.20. The number of aromatic amines is 1. The van der Waals surface area contributed by atoms with E-state index in [1.807, 2.05) is 0 Å². The molecule has 3 rings (SSSR count). The second-order valence-corrected chi connectivity index (χ2v) is 16.3. The number of methoxy groups -OCH3 is 1. The molecule has 2 heterocycles. The summed E-state index contributed by atoms with van der Waals surface area (Å²) in [6.07, 6.45) is 1.15. The molecule has 0 spiro atoms. The Bertz CT molecular complexity index is 2050. The molecule has 1 saturated heterocycles. The molecule has 322 valence electrons. The van der Waals surface area contributed by atoms with Gasteiger partial charge in [0.1, 0.15) is 37.1 Å². The number of phosphoric ester groups is 1. The minimum atomic E-state index is -5.76. The van der Waals surface area contributed by atoms with Crippen LogP contribution in [-0.4, -0.2) is 112 Å². The van der Waals surface area contributed by atoms with E-state index in [4.69, 9.17) is 33.5 Å². The number of rotatable bonds is 25. The summed E-state index contributed by atoms with van der Waals surface area (Å²) < 4.78 is 75.3. The summed E-state index contributed by atoms with van der Waals surface area (Å²) in [5.74, 6) is -0.718. The standard InChI is InChI=1S/C31H43N4O20P3/c1-4-13-49-28(19-50-23-9-5-7-21(14-23)29(38)33-12-10-20(2)36)51-18-26(37)32-11-6-8-22-16-35(31(40)34-30(22)39)27-15-24(48-3)25(53-27)17-52-57(44,45)55-58(46,47)54-56(41,42)43/h4-9,14,16,24-25,27-28H,1,10-13,15,17-19H2,2-3H3,(H,32,37)(H,33,38)(H,44,45)(H,46,47)(H,34,39,40)(H2,41,42,43)/b8-6+/t24-,25?,27?,28?/m0/s1. The minimum Gasteiger partial charge on any atom is -0.488 e. The number of hydrogen-bond acceptors (Lipinski definition) is 16. The maximum Gasteiger partial charge on any atom is 0.490 e. The van der Waals surface area contributed by atoms with Gasteiger partial charge in [-0.1, -0.05) is 24.3 Å². The van der Waals surface area contributed by atoms with Gasteiger partial charge in [0, 0.05) is 44.8 Å². The van der Waals surface area contributed by atoms with Crippen LogP contribution < -0.4 is 26.6 Å². The van der Waals surface area contributed by atoms with E-state index in [1.165, 1.54) is 38.3 Å². The minimum absolute atomic E-state index is 0.0490. The largest absolute Gasteiger partial charge is 0.490 e. The van der Waals surface area contributed by atoms with Crippen LogP contribution in [0.5, 0.6) is 5.75 Å². The van der Waals surface area contributed by atoms with E-state index >= 15 is 0 Å². The molecular formula is C31H43N4O20P3. The molecule has 0 saturated carbocycles. The van der Waals surface area contributed by atoms with Gasteiger partial charge in [-0.25, -0.2) is 18.5 Å². The molecule has 0 radical (unpaired) electrons. The summed E-state index contributed by atoms with van der Waals surface area (Å²) in [6.45, 7) is 3.68. The Kier molecular flexibility index (Phi) is 18.7. The van der Waals surface area contributed by atoms with Crippen molar-refractivity contribution in [3.63, 3.8) is 0 Å². The highest BCUT2D eigenvalue weighted by Gasteiger charge is 2.43. The third-order valence-electron chi connectivity index (χ3n) is 7.37. The maximum absolute atomic E-state index is 12.7. The molecule has 58 heavy (non-hydrogen) atoms. The predicted molar refractivity (Wildman–Crippen MR) is 198 cm³/mol. The van der Waals surface area contributed by atoms with Crippen molar-refractivity contribution in [1.29, 1.82) is 0 Å². The Balaban J connectivity index is 1.54. The third-order valence-corrected chi connectivity index (χ3v) is 11.2. The van der Waals surface area contributed by atoms with Gasteiger partial charge in [0.2, 0.25) is 5.91 Å². The smallest absolute Gasteiger partial charge is 0.488 e. The van der Waals surface area contributed by atoms with Crippen molar-refractivity contribution in [1.82, 2.24) is 20.2 Å². The lowest BCUT2D eigenvalue weighted by molar-refractivity contribution is -0.162. The number of ether oxygens (including phenoxy) is 5. The Morgan fingerprint density at radius 2 is 1.83 bits per heavy atom. The number of carbonyl (C=O) groups excluding carboxylic acids is 3. The summed E-state index contributed by atoms with van der Waals surface area (Å²) in [6, 6.07) is 6.26. The van der Waals surface area contributed by atoms with Crippen LogP contribution >= 0.6 is 23.5 Å². The van der Waals surface area contributed by atoms with Gasteiger partial charge >= 0.3 is 29.2 Å². The molecule has 1 aliphatic heterocycles. The molecule has 24 nitrogen and oxygen atoms in total. The summed E-state index contributed by atoms with van der Waals surface area (Å²) in [5, 5.41) is 5.19. The van der Waals surface area contributed by atoms with Crippen LogP contribution in [-0.2, 0) is 55.4 Å². The van der Waals surface area contributed by atoms with Crippen molar-refractivity contribution in [2.75, 3.05) is 46.6 Å². The quantitative estimate of drug-likeness (QED) is 0.0409. The molecule has 1 aromatic heterocycles. The highest BCUT2D eigenvalue weighted by molar-refractivity contribution is 7.66. The summed E-state index contributed by atoms with van der Waals surface area (Å²) in [5.41, 5.74) is -1.45. The lowest BCUT2D eigenvalue weighted by Crippen LogP contribution is -2.34. The normalized spacial score (nSPS) is 19.5. The third kappa shape index (κ3) is 17.1. The van der Waals surface area contributed by atoms with E-state index in [0.29, 0.717) is 11.3 Å². The van der Waals surface area contributed by atoms with Crippen molar-refractivity contribution < 1.29 is 84.5 Å². The van der Waals surface area contributed by atoms with Crippen molar-refractivity contribution in [3.8, 4) is 5.75 Å². The predicted octanol–water partition coefficient (Wildman–Crippen LogP) is 0.645. The number of ketones is 1. The van der Waals surface area contributed by atoms with E-state index in [-0.39, 0.29) is 50.5 Å². The van der Waals surface area contributed by atoms with Crippen LogP contribution in [0, 0.1) is 0 Å². The first-order valence-electron chi connectivity index (χ1n) is 16.8. The highest BCUT2D eigenvalue weighted by atomic mass is 31.3. The molecule has 2 amide bonds. The first kappa shape index (κ1) is 48.4. The number of nitrogens with one attached hydrogen (secondary N) is 3. The average molecular weight is 885 g/mol. The van der Waals surface area contributed by atoms with Gasteiger partial charge in [-0.2, -0.15) is 8.62 Å². The van der Waals surface area contributed by atoms with Gasteiger partial charge in [0.15, 0.2) is 6.29 Å². The number of carbonyl (C=O) groups is 3. The fraction of sp³-hybridized carbons (Fsp3) is 0.452. The number of phosphoric acid groups is 3. The molecule has 1 aromatic carbocycles. The fourth-order valence-corrected chi connectivity index (χ4v) is 7.85. The molecule has 5 unspecified atom stereocenters. The SMILES string of the molecule is C=CCOC(COc1cccc(C(=O)NCCC(C)=O)c1)OCC(=O)NC/C=C/c1cn(C2C[C@H](OC)C(COP(=O)(O)OP(=O)(O)OP(=O)(O)O)O2)c(=O)[nH]c1=O. The molecule has 6 atom stereocenters. The Morgan fingerprint density at radius 1 is 1.09 bits per heavy atom. The van der Waals surface area contributed by atoms with E-state index in [2.05, 4.69) is 35.3 Å². The Morgan fingerprint density at radius 3 is 2.50 bits per heavy atom. The van der Waals surface area contributed by atoms with Crippen LogP contribution in [0.2, 0.25) is 0 Å². The van der Waals surface area contributed by atoms with Crippen LogP contribution in [0.3, 0.4) is 0 Å². The highest BCUT2D eigenvalue weighted by Crippen LogP contribution is 2.66. The van der Waals surface area contributed by atoms with Crippen LogP contribution in [0.25, 0.3) is 6.08 Å². The van der Waals surface area contributed by atoms with E-state index in [0.717, 1.165) is 10.8 Å². The Hall–Kier alpha value is -3.96. The lowest BCUT2D eigenvalue weighted by atomic mass is 10.2. The average Bonchev–Trinajstić information content (AvgIpc) is 3.54. The number of nitrogens with zero attached hydrogens (tertiary/aromatic N) is 1.